The van der Waals surface area contributed by atoms with Gasteiger partial charge in [-0.3, -0.25) is 0 Å². The Morgan fingerprint density at radius 2 is 1.71 bits per heavy atom. The average molecular weight is 191 g/mol. The zero-order chi connectivity index (χ0) is 10.5. The van der Waals surface area contributed by atoms with Gasteiger partial charge in [-0.2, -0.15) is 0 Å². The lowest BCUT2D eigenvalue weighted by molar-refractivity contribution is 0.673. The zero-order valence-corrected chi connectivity index (χ0v) is 9.41. The number of hydrogen-bond acceptors (Lipinski definition) is 0. The fraction of sp³-hybridized carbons (Fsp3) is 0.500. The van der Waals surface area contributed by atoms with Crippen LogP contribution < -0.4 is 0 Å². The fourth-order valence-corrected chi connectivity index (χ4v) is 1.25. The zero-order valence-electron chi connectivity index (χ0n) is 9.41. The molecule has 0 aromatic carbocycles. The van der Waals surface area contributed by atoms with Crippen LogP contribution in [0, 0.1) is 6.42 Å². The Bertz CT molecular complexity index is 163. The molecule has 0 saturated carbocycles. The molecule has 0 aromatic heterocycles. The third-order valence-corrected chi connectivity index (χ3v) is 2.06. The predicted molar refractivity (Wildman–Crippen MR) is 66.2 cm³/mol. The van der Waals surface area contributed by atoms with Crippen LogP contribution in [0.5, 0.6) is 0 Å². The first kappa shape index (κ1) is 13.2. The van der Waals surface area contributed by atoms with Crippen molar-refractivity contribution in [2.24, 2.45) is 0 Å². The summed E-state index contributed by atoms with van der Waals surface area (Å²) in [7, 11) is 0. The lowest BCUT2D eigenvalue weighted by Gasteiger charge is -1.96. The van der Waals surface area contributed by atoms with Gasteiger partial charge < -0.3 is 0 Å². The summed E-state index contributed by atoms with van der Waals surface area (Å²) in [5.41, 5.74) is 0. The summed E-state index contributed by atoms with van der Waals surface area (Å²) >= 11 is 0. The standard InChI is InChI=1S/C14H23/c1-3-5-7-9-11-13-14-12-10-8-6-4-2/h3,5-7,9,11H,1,4,8,10,12-14H2,2H3. The summed E-state index contributed by atoms with van der Waals surface area (Å²) in [4.78, 5) is 0. The molecule has 0 saturated heterocycles. The summed E-state index contributed by atoms with van der Waals surface area (Å²) in [6.45, 7) is 5.82. The van der Waals surface area contributed by atoms with Crippen LogP contribution in [0.3, 0.4) is 0 Å². The lowest BCUT2D eigenvalue weighted by atomic mass is 10.1. The molecule has 0 unspecified atom stereocenters. The molecule has 0 atom stereocenters. The molecule has 79 valence electrons. The van der Waals surface area contributed by atoms with Gasteiger partial charge in [0, 0.05) is 0 Å². The topological polar surface area (TPSA) is 0 Å². The van der Waals surface area contributed by atoms with Gasteiger partial charge in [0.1, 0.15) is 0 Å². The molecule has 0 heteroatoms. The molecule has 0 heterocycles. The molecule has 0 spiro atoms. The summed E-state index contributed by atoms with van der Waals surface area (Å²) in [6, 6.07) is 0. The first-order valence-corrected chi connectivity index (χ1v) is 5.67. The molecular weight excluding hydrogens is 168 g/mol. The summed E-state index contributed by atoms with van der Waals surface area (Å²) in [6.07, 6.45) is 20.2. The van der Waals surface area contributed by atoms with Gasteiger partial charge in [0.15, 0.2) is 0 Å². The SMILES string of the molecule is C=CC=CC=CCCCCC[CH]CC. The van der Waals surface area contributed by atoms with Crippen molar-refractivity contribution in [3.63, 3.8) is 0 Å². The number of unbranched alkanes of at least 4 members (excludes halogenated alkanes) is 6. The smallest absolute Gasteiger partial charge is 0.0348 e. The van der Waals surface area contributed by atoms with Crippen molar-refractivity contribution in [3.8, 4) is 0 Å². The monoisotopic (exact) mass is 191 g/mol. The molecule has 0 aliphatic rings. The second kappa shape index (κ2) is 12.2. The third-order valence-electron chi connectivity index (χ3n) is 2.06. The third kappa shape index (κ3) is 11.2. The van der Waals surface area contributed by atoms with E-state index >= 15 is 0 Å². The van der Waals surface area contributed by atoms with Crippen molar-refractivity contribution in [3.05, 3.63) is 43.4 Å². The van der Waals surface area contributed by atoms with Gasteiger partial charge in [0.25, 0.3) is 0 Å². The van der Waals surface area contributed by atoms with E-state index in [1.807, 2.05) is 12.2 Å². The normalized spacial score (nSPS) is 11.5. The maximum atomic E-state index is 3.61. The van der Waals surface area contributed by atoms with Crippen molar-refractivity contribution < 1.29 is 0 Å². The Kier molecular flexibility index (Phi) is 11.5. The Morgan fingerprint density at radius 3 is 2.43 bits per heavy atom. The van der Waals surface area contributed by atoms with Crippen LogP contribution in [-0.2, 0) is 0 Å². The highest BCUT2D eigenvalue weighted by Crippen LogP contribution is 2.06. The van der Waals surface area contributed by atoms with Crippen molar-refractivity contribution in [1.29, 1.82) is 0 Å². The van der Waals surface area contributed by atoms with Gasteiger partial charge in [-0.15, -0.1) is 0 Å². The van der Waals surface area contributed by atoms with E-state index in [1.165, 1.54) is 38.5 Å². The maximum Gasteiger partial charge on any atom is -0.0348 e. The summed E-state index contributed by atoms with van der Waals surface area (Å²) in [5, 5.41) is 0. The van der Waals surface area contributed by atoms with Crippen LogP contribution in [0.2, 0.25) is 0 Å². The quantitative estimate of drug-likeness (QED) is 0.361. The van der Waals surface area contributed by atoms with Crippen molar-refractivity contribution in [2.75, 3.05) is 0 Å². The highest BCUT2D eigenvalue weighted by molar-refractivity contribution is 5.08. The Labute approximate surface area is 89.4 Å². The van der Waals surface area contributed by atoms with E-state index in [0.717, 1.165) is 0 Å². The van der Waals surface area contributed by atoms with Gasteiger partial charge >= 0.3 is 0 Å². The van der Waals surface area contributed by atoms with E-state index in [0.29, 0.717) is 0 Å². The van der Waals surface area contributed by atoms with Gasteiger partial charge in [0.05, 0.1) is 0 Å². The number of rotatable bonds is 9. The van der Waals surface area contributed by atoms with Crippen molar-refractivity contribution in [1.82, 2.24) is 0 Å². The van der Waals surface area contributed by atoms with E-state index < -0.39 is 0 Å². The van der Waals surface area contributed by atoms with Crippen LogP contribution in [-0.4, -0.2) is 0 Å². The molecule has 0 nitrogen and oxygen atoms in total. The van der Waals surface area contributed by atoms with Crippen LogP contribution in [0.25, 0.3) is 0 Å². The molecule has 0 amide bonds. The van der Waals surface area contributed by atoms with Crippen LogP contribution in [0.4, 0.5) is 0 Å². The highest BCUT2D eigenvalue weighted by atomic mass is 13.9. The molecule has 14 heavy (non-hydrogen) atoms. The molecule has 0 aliphatic carbocycles. The fourth-order valence-electron chi connectivity index (χ4n) is 1.25. The molecule has 1 radical (unpaired) electrons. The van der Waals surface area contributed by atoms with Crippen molar-refractivity contribution >= 4 is 0 Å². The largest absolute Gasteiger partial charge is 0.0991 e. The lowest BCUT2D eigenvalue weighted by Crippen LogP contribution is -1.78. The maximum absolute atomic E-state index is 3.61. The summed E-state index contributed by atoms with van der Waals surface area (Å²) in [5.74, 6) is 0. The van der Waals surface area contributed by atoms with Gasteiger partial charge in [-0.05, 0) is 19.3 Å². The van der Waals surface area contributed by atoms with E-state index in [4.69, 9.17) is 0 Å². The van der Waals surface area contributed by atoms with Gasteiger partial charge in [-0.1, -0.05) is 69.6 Å². The predicted octanol–water partition coefficient (Wildman–Crippen LogP) is 4.85. The van der Waals surface area contributed by atoms with Crippen molar-refractivity contribution in [2.45, 2.75) is 45.4 Å². The minimum absolute atomic E-state index is 1.20. The minimum atomic E-state index is 1.20. The van der Waals surface area contributed by atoms with Gasteiger partial charge in [-0.25, -0.2) is 0 Å². The molecule has 0 bridgehead atoms. The first-order chi connectivity index (χ1) is 6.91. The number of hydrogen-bond donors (Lipinski definition) is 0. The molecule has 0 fully saturated rings. The number of allylic oxidation sites excluding steroid dienone is 5. The van der Waals surface area contributed by atoms with E-state index in [9.17, 15) is 0 Å². The molecule has 0 aliphatic heterocycles. The van der Waals surface area contributed by atoms with E-state index in [1.54, 1.807) is 6.08 Å². The minimum Gasteiger partial charge on any atom is -0.0991 e. The van der Waals surface area contributed by atoms with Crippen LogP contribution >= 0.6 is 0 Å². The Morgan fingerprint density at radius 1 is 0.929 bits per heavy atom. The van der Waals surface area contributed by atoms with E-state index in [2.05, 4.69) is 32.1 Å². The van der Waals surface area contributed by atoms with Crippen LogP contribution in [0.1, 0.15) is 45.4 Å². The molecule has 0 aromatic rings. The Balaban J connectivity index is 3.08. The van der Waals surface area contributed by atoms with E-state index in [-0.39, 0.29) is 0 Å². The molecule has 0 rings (SSSR count). The van der Waals surface area contributed by atoms with Gasteiger partial charge in [0.2, 0.25) is 0 Å². The Hall–Kier alpha value is -0.780. The highest BCUT2D eigenvalue weighted by Gasteiger charge is 1.87. The average Bonchev–Trinajstić information content (AvgIpc) is 2.21. The first-order valence-electron chi connectivity index (χ1n) is 5.67. The molecular formula is C14H23. The second-order valence-corrected chi connectivity index (χ2v) is 3.38. The second-order valence-electron chi connectivity index (χ2n) is 3.38. The summed E-state index contributed by atoms with van der Waals surface area (Å²) < 4.78 is 0. The van der Waals surface area contributed by atoms with Crippen LogP contribution in [0.15, 0.2) is 37.0 Å². The molecule has 0 N–H and O–H groups in total.